The third-order valence-electron chi connectivity index (χ3n) is 4.87. The van der Waals surface area contributed by atoms with Gasteiger partial charge in [0.15, 0.2) is 0 Å². The fourth-order valence-electron chi connectivity index (χ4n) is 3.39. The molecule has 0 heterocycles. The van der Waals surface area contributed by atoms with Crippen molar-refractivity contribution in [1.29, 1.82) is 0 Å². The van der Waals surface area contributed by atoms with Crippen LogP contribution in [0.2, 0.25) is 0 Å². The zero-order chi connectivity index (χ0) is 17.7. The Morgan fingerprint density at radius 1 is 1.38 bits per heavy atom. The van der Waals surface area contributed by atoms with Crippen molar-refractivity contribution in [3.8, 4) is 0 Å². The Kier molecular flexibility index (Phi) is 5.81. The van der Waals surface area contributed by atoms with Gasteiger partial charge in [0.05, 0.1) is 5.92 Å². The summed E-state index contributed by atoms with van der Waals surface area (Å²) in [7, 11) is 1.82. The first-order valence-corrected chi connectivity index (χ1v) is 8.67. The van der Waals surface area contributed by atoms with Crippen LogP contribution in [0.5, 0.6) is 0 Å². The molecule has 2 amide bonds. The molecule has 4 heteroatoms. The van der Waals surface area contributed by atoms with E-state index in [-0.39, 0.29) is 23.8 Å². The van der Waals surface area contributed by atoms with Gasteiger partial charge < -0.3 is 10.2 Å². The van der Waals surface area contributed by atoms with Gasteiger partial charge in [-0.05, 0) is 31.4 Å². The molecule has 0 saturated heterocycles. The Morgan fingerprint density at radius 2 is 2.04 bits per heavy atom. The minimum atomic E-state index is -0.422. The van der Waals surface area contributed by atoms with E-state index in [1.165, 1.54) is 0 Å². The summed E-state index contributed by atoms with van der Waals surface area (Å²) in [4.78, 5) is 27.0. The molecular weight excluding hydrogens is 300 g/mol. The summed E-state index contributed by atoms with van der Waals surface area (Å²) >= 11 is 0. The number of hydrogen-bond donors (Lipinski definition) is 1. The van der Waals surface area contributed by atoms with Crippen LogP contribution in [0, 0.1) is 11.3 Å². The molecule has 3 unspecified atom stereocenters. The largest absolute Gasteiger partial charge is 0.341 e. The molecule has 130 valence electrons. The molecule has 1 aromatic rings. The second-order valence-electron chi connectivity index (χ2n) is 6.98. The molecule has 0 radical (unpaired) electrons. The fourth-order valence-corrected chi connectivity index (χ4v) is 3.39. The summed E-state index contributed by atoms with van der Waals surface area (Å²) < 4.78 is 0. The van der Waals surface area contributed by atoms with Crippen molar-refractivity contribution in [3.63, 3.8) is 0 Å². The molecule has 1 aromatic carbocycles. The van der Waals surface area contributed by atoms with E-state index in [9.17, 15) is 9.59 Å². The summed E-state index contributed by atoms with van der Waals surface area (Å²) in [5.41, 5.74) is 0.374. The Bertz CT molecular complexity index is 599. The summed E-state index contributed by atoms with van der Waals surface area (Å²) in [6.07, 6.45) is 4.99. The van der Waals surface area contributed by atoms with Gasteiger partial charge in [0, 0.05) is 24.2 Å². The number of amides is 2. The van der Waals surface area contributed by atoms with Gasteiger partial charge in [0.25, 0.3) is 0 Å². The van der Waals surface area contributed by atoms with Crippen molar-refractivity contribution in [2.24, 2.45) is 11.3 Å². The molecule has 0 aliphatic heterocycles. The average molecular weight is 328 g/mol. The molecule has 3 atom stereocenters. The van der Waals surface area contributed by atoms with E-state index in [0.29, 0.717) is 6.42 Å². The first-order chi connectivity index (χ1) is 11.4. The second kappa shape index (κ2) is 7.65. The maximum atomic E-state index is 12.9. The highest BCUT2D eigenvalue weighted by Crippen LogP contribution is 2.40. The molecule has 24 heavy (non-hydrogen) atoms. The monoisotopic (exact) mass is 328 g/mol. The molecule has 0 spiro atoms. The lowest BCUT2D eigenvalue weighted by atomic mass is 9.81. The second-order valence-corrected chi connectivity index (χ2v) is 6.98. The Labute approximate surface area is 144 Å². The minimum absolute atomic E-state index is 0.00205. The SMILES string of the molecule is C=CCC(C)(CCC)C(=O)N(C)C1CC1C(=O)Nc1ccccc1. The van der Waals surface area contributed by atoms with Crippen molar-refractivity contribution < 1.29 is 9.59 Å². The topological polar surface area (TPSA) is 49.4 Å². The molecular formula is C20H28N2O2. The number of anilines is 1. The van der Waals surface area contributed by atoms with Gasteiger partial charge in [-0.2, -0.15) is 0 Å². The standard InChI is InChI=1S/C20H28N2O2/c1-5-12-20(3,13-6-2)19(24)22(4)17-14-16(17)18(23)21-15-10-8-7-9-11-15/h5,7-11,16-17H,1,6,12-14H2,2-4H3,(H,21,23). The van der Waals surface area contributed by atoms with Gasteiger partial charge in [-0.1, -0.05) is 44.5 Å². The Balaban J connectivity index is 1.96. The number of allylic oxidation sites excluding steroid dienone is 1. The molecule has 1 fully saturated rings. The van der Waals surface area contributed by atoms with Crippen molar-refractivity contribution in [1.82, 2.24) is 4.90 Å². The van der Waals surface area contributed by atoms with Gasteiger partial charge in [0.2, 0.25) is 11.8 Å². The maximum Gasteiger partial charge on any atom is 0.229 e. The van der Waals surface area contributed by atoms with Gasteiger partial charge in [-0.25, -0.2) is 0 Å². The first kappa shape index (κ1) is 18.2. The number of para-hydroxylation sites is 1. The van der Waals surface area contributed by atoms with Gasteiger partial charge in [-0.3, -0.25) is 9.59 Å². The lowest BCUT2D eigenvalue weighted by Gasteiger charge is -2.32. The Morgan fingerprint density at radius 3 is 2.62 bits per heavy atom. The summed E-state index contributed by atoms with van der Waals surface area (Å²) in [5.74, 6) is -0.00945. The molecule has 0 bridgehead atoms. The Hall–Kier alpha value is -2.10. The number of nitrogens with zero attached hydrogens (tertiary/aromatic N) is 1. The average Bonchev–Trinajstić information content (AvgIpc) is 3.35. The predicted octanol–water partition coefficient (Wildman–Crippen LogP) is 3.85. The van der Waals surface area contributed by atoms with Crippen LogP contribution in [-0.4, -0.2) is 29.8 Å². The summed E-state index contributed by atoms with van der Waals surface area (Å²) in [5, 5.41) is 2.92. The van der Waals surface area contributed by atoms with Crippen molar-refractivity contribution in [2.45, 2.75) is 45.6 Å². The molecule has 1 saturated carbocycles. The highest BCUT2D eigenvalue weighted by molar-refractivity contribution is 5.95. The van der Waals surface area contributed by atoms with E-state index in [1.807, 2.05) is 50.4 Å². The molecule has 1 N–H and O–H groups in total. The molecule has 2 rings (SSSR count). The van der Waals surface area contributed by atoms with Crippen LogP contribution in [0.25, 0.3) is 0 Å². The quantitative estimate of drug-likeness (QED) is 0.737. The number of carbonyl (C=O) groups excluding carboxylic acids is 2. The maximum absolute atomic E-state index is 12.9. The van der Waals surface area contributed by atoms with E-state index in [1.54, 1.807) is 4.90 Å². The van der Waals surface area contributed by atoms with Crippen LogP contribution in [0.15, 0.2) is 43.0 Å². The predicted molar refractivity (Wildman–Crippen MR) is 97.6 cm³/mol. The number of benzene rings is 1. The third-order valence-corrected chi connectivity index (χ3v) is 4.87. The highest BCUT2D eigenvalue weighted by atomic mass is 16.2. The van der Waals surface area contributed by atoms with E-state index in [4.69, 9.17) is 0 Å². The van der Waals surface area contributed by atoms with E-state index < -0.39 is 5.41 Å². The van der Waals surface area contributed by atoms with Crippen molar-refractivity contribution >= 4 is 17.5 Å². The van der Waals surface area contributed by atoms with Gasteiger partial charge >= 0.3 is 0 Å². The van der Waals surface area contributed by atoms with Crippen LogP contribution in [0.4, 0.5) is 5.69 Å². The first-order valence-electron chi connectivity index (χ1n) is 8.67. The fraction of sp³-hybridized carbons (Fsp3) is 0.500. The van der Waals surface area contributed by atoms with E-state index in [2.05, 4.69) is 18.8 Å². The smallest absolute Gasteiger partial charge is 0.229 e. The van der Waals surface area contributed by atoms with Crippen molar-refractivity contribution in [3.05, 3.63) is 43.0 Å². The van der Waals surface area contributed by atoms with Crippen LogP contribution >= 0.6 is 0 Å². The van der Waals surface area contributed by atoms with Gasteiger partial charge in [0.1, 0.15) is 0 Å². The number of hydrogen-bond acceptors (Lipinski definition) is 2. The molecule has 0 aromatic heterocycles. The lowest BCUT2D eigenvalue weighted by molar-refractivity contribution is -0.141. The summed E-state index contributed by atoms with van der Waals surface area (Å²) in [6, 6.07) is 9.43. The number of rotatable bonds is 8. The van der Waals surface area contributed by atoms with Crippen molar-refractivity contribution in [2.75, 3.05) is 12.4 Å². The number of carbonyl (C=O) groups is 2. The van der Waals surface area contributed by atoms with E-state index in [0.717, 1.165) is 24.9 Å². The van der Waals surface area contributed by atoms with Crippen LogP contribution in [0.3, 0.4) is 0 Å². The minimum Gasteiger partial charge on any atom is -0.341 e. The molecule has 1 aliphatic rings. The van der Waals surface area contributed by atoms with E-state index >= 15 is 0 Å². The highest BCUT2D eigenvalue weighted by Gasteiger charge is 2.49. The lowest BCUT2D eigenvalue weighted by Crippen LogP contribution is -2.42. The number of nitrogens with one attached hydrogen (secondary N) is 1. The van der Waals surface area contributed by atoms with Crippen LogP contribution in [0.1, 0.15) is 39.5 Å². The third kappa shape index (κ3) is 4.05. The zero-order valence-corrected chi connectivity index (χ0v) is 14.9. The normalized spacial score (nSPS) is 21.5. The molecule has 4 nitrogen and oxygen atoms in total. The zero-order valence-electron chi connectivity index (χ0n) is 14.9. The molecule has 1 aliphatic carbocycles. The van der Waals surface area contributed by atoms with Crippen LogP contribution < -0.4 is 5.32 Å². The van der Waals surface area contributed by atoms with Crippen LogP contribution in [-0.2, 0) is 9.59 Å². The summed E-state index contributed by atoms with van der Waals surface area (Å²) in [6.45, 7) is 7.87. The van der Waals surface area contributed by atoms with Gasteiger partial charge in [-0.15, -0.1) is 6.58 Å².